The van der Waals surface area contributed by atoms with Gasteiger partial charge in [-0.1, -0.05) is 11.2 Å². The van der Waals surface area contributed by atoms with Gasteiger partial charge in [-0.05, 0) is 18.5 Å². The van der Waals surface area contributed by atoms with Crippen molar-refractivity contribution >= 4 is 21.5 Å². The average Bonchev–Trinajstić information content (AvgIpc) is 3.17. The molecule has 0 aromatic carbocycles. The smallest absolute Gasteiger partial charge is 0.279 e. The van der Waals surface area contributed by atoms with Gasteiger partial charge >= 0.3 is 0 Å². The van der Waals surface area contributed by atoms with E-state index in [1.807, 2.05) is 24.6 Å². The SMILES string of the molecule is CN1CCN(S(=O)(=O)NCc2noc(-c3cccs3)n2)CC1. The van der Waals surface area contributed by atoms with Gasteiger partial charge in [0, 0.05) is 26.2 Å². The standard InChI is InChI=1S/C12H17N5O3S2/c1-16-4-6-17(7-5-16)22(18,19)13-9-11-14-12(20-15-11)10-3-2-8-21-10/h2-3,8,13H,4-7,9H2,1H3. The number of likely N-dealkylation sites (N-methyl/N-ethyl adjacent to an activating group) is 1. The number of nitrogens with one attached hydrogen (secondary N) is 1. The molecule has 0 atom stereocenters. The van der Waals surface area contributed by atoms with Crippen molar-refractivity contribution in [3.05, 3.63) is 23.3 Å². The first-order valence-electron chi connectivity index (χ1n) is 6.84. The predicted octanol–water partition coefficient (Wildman–Crippen LogP) is 0.380. The highest BCUT2D eigenvalue weighted by Crippen LogP contribution is 2.22. The molecule has 0 saturated carbocycles. The summed E-state index contributed by atoms with van der Waals surface area (Å²) in [5, 5.41) is 5.71. The van der Waals surface area contributed by atoms with Gasteiger partial charge in [0.2, 0.25) is 0 Å². The first-order valence-corrected chi connectivity index (χ1v) is 9.16. The zero-order valence-electron chi connectivity index (χ0n) is 12.1. The summed E-state index contributed by atoms with van der Waals surface area (Å²) in [6, 6.07) is 3.76. The minimum absolute atomic E-state index is 0.0174. The van der Waals surface area contributed by atoms with Gasteiger partial charge in [0.25, 0.3) is 16.1 Å². The molecule has 8 nitrogen and oxygen atoms in total. The Morgan fingerprint density at radius 1 is 1.36 bits per heavy atom. The van der Waals surface area contributed by atoms with E-state index < -0.39 is 10.2 Å². The average molecular weight is 343 g/mol. The topological polar surface area (TPSA) is 91.6 Å². The third-order valence-corrected chi connectivity index (χ3v) is 5.83. The van der Waals surface area contributed by atoms with Crippen molar-refractivity contribution in [2.75, 3.05) is 33.2 Å². The lowest BCUT2D eigenvalue weighted by Gasteiger charge is -2.31. The van der Waals surface area contributed by atoms with Gasteiger partial charge in [-0.2, -0.15) is 22.4 Å². The zero-order valence-corrected chi connectivity index (χ0v) is 13.7. The molecule has 3 rings (SSSR count). The van der Waals surface area contributed by atoms with Crippen LogP contribution in [0, 0.1) is 0 Å². The van der Waals surface area contributed by atoms with E-state index in [9.17, 15) is 8.42 Å². The summed E-state index contributed by atoms with van der Waals surface area (Å²) in [5.74, 6) is 0.727. The summed E-state index contributed by atoms with van der Waals surface area (Å²) >= 11 is 1.49. The second kappa shape index (κ2) is 6.42. The zero-order chi connectivity index (χ0) is 15.6. The van der Waals surface area contributed by atoms with Crippen LogP contribution in [0.1, 0.15) is 5.82 Å². The molecule has 3 heterocycles. The monoisotopic (exact) mass is 343 g/mol. The van der Waals surface area contributed by atoms with E-state index in [1.165, 1.54) is 15.6 Å². The Morgan fingerprint density at radius 2 is 2.14 bits per heavy atom. The van der Waals surface area contributed by atoms with Gasteiger partial charge in [-0.15, -0.1) is 11.3 Å². The summed E-state index contributed by atoms with van der Waals surface area (Å²) < 4.78 is 33.5. The van der Waals surface area contributed by atoms with Crippen molar-refractivity contribution in [2.24, 2.45) is 0 Å². The van der Waals surface area contributed by atoms with Crippen LogP contribution in [0.5, 0.6) is 0 Å². The number of rotatable bonds is 5. The van der Waals surface area contributed by atoms with Crippen molar-refractivity contribution in [2.45, 2.75) is 6.54 Å². The Kier molecular flexibility index (Phi) is 4.54. The van der Waals surface area contributed by atoms with Crippen molar-refractivity contribution in [3.8, 4) is 10.8 Å². The second-order valence-electron chi connectivity index (χ2n) is 5.02. The van der Waals surface area contributed by atoms with Crippen LogP contribution in [0.25, 0.3) is 10.8 Å². The third kappa shape index (κ3) is 3.52. The molecule has 0 aliphatic carbocycles. The lowest BCUT2D eigenvalue weighted by molar-refractivity contribution is 0.220. The number of thiophene rings is 1. The number of hydrogen-bond donors (Lipinski definition) is 1. The molecule has 22 heavy (non-hydrogen) atoms. The highest BCUT2D eigenvalue weighted by molar-refractivity contribution is 7.87. The van der Waals surface area contributed by atoms with E-state index in [0.717, 1.165) is 18.0 Å². The largest absolute Gasteiger partial charge is 0.333 e. The molecule has 1 fully saturated rings. The molecule has 1 aliphatic rings. The van der Waals surface area contributed by atoms with Crippen LogP contribution in [-0.2, 0) is 16.8 Å². The molecule has 1 N–H and O–H groups in total. The van der Waals surface area contributed by atoms with Crippen molar-refractivity contribution in [1.82, 2.24) is 24.1 Å². The van der Waals surface area contributed by atoms with Gasteiger partial charge in [0.15, 0.2) is 5.82 Å². The molecule has 120 valence electrons. The number of aromatic nitrogens is 2. The number of nitrogens with zero attached hydrogens (tertiary/aromatic N) is 4. The van der Waals surface area contributed by atoms with Crippen LogP contribution in [0.2, 0.25) is 0 Å². The van der Waals surface area contributed by atoms with E-state index in [2.05, 4.69) is 19.8 Å². The van der Waals surface area contributed by atoms with Gasteiger partial charge in [0.1, 0.15) is 0 Å². The van der Waals surface area contributed by atoms with E-state index in [4.69, 9.17) is 4.52 Å². The van der Waals surface area contributed by atoms with Crippen molar-refractivity contribution in [1.29, 1.82) is 0 Å². The van der Waals surface area contributed by atoms with Crippen LogP contribution >= 0.6 is 11.3 Å². The fourth-order valence-corrected chi connectivity index (χ4v) is 3.88. The van der Waals surface area contributed by atoms with Gasteiger partial charge < -0.3 is 9.42 Å². The highest BCUT2D eigenvalue weighted by atomic mass is 32.2. The molecule has 2 aromatic heterocycles. The molecule has 0 radical (unpaired) electrons. The Bertz CT molecular complexity index is 705. The van der Waals surface area contributed by atoms with Crippen molar-refractivity contribution < 1.29 is 12.9 Å². The van der Waals surface area contributed by atoms with E-state index in [-0.39, 0.29) is 6.54 Å². The number of hydrogen-bond acceptors (Lipinski definition) is 7. The van der Waals surface area contributed by atoms with Gasteiger partial charge in [-0.3, -0.25) is 0 Å². The normalized spacial score (nSPS) is 17.9. The molecule has 2 aromatic rings. The molecule has 1 saturated heterocycles. The molecule has 0 amide bonds. The second-order valence-corrected chi connectivity index (χ2v) is 7.72. The lowest BCUT2D eigenvalue weighted by Crippen LogP contribution is -2.50. The molecule has 0 unspecified atom stereocenters. The molecule has 10 heteroatoms. The maximum absolute atomic E-state index is 12.2. The first kappa shape index (κ1) is 15.6. The Balaban J connectivity index is 1.60. The van der Waals surface area contributed by atoms with Gasteiger partial charge in [0.05, 0.1) is 11.4 Å². The molecular weight excluding hydrogens is 326 g/mol. The van der Waals surface area contributed by atoms with Crippen LogP contribution in [0.15, 0.2) is 22.0 Å². The quantitative estimate of drug-likeness (QED) is 0.844. The highest BCUT2D eigenvalue weighted by Gasteiger charge is 2.25. The van der Waals surface area contributed by atoms with Crippen molar-refractivity contribution in [3.63, 3.8) is 0 Å². The molecule has 0 bridgehead atoms. The Morgan fingerprint density at radius 3 is 2.82 bits per heavy atom. The maximum Gasteiger partial charge on any atom is 0.279 e. The number of piperazine rings is 1. The minimum Gasteiger partial charge on any atom is -0.333 e. The van der Waals surface area contributed by atoms with Crippen LogP contribution in [0.3, 0.4) is 0 Å². The van der Waals surface area contributed by atoms with Crippen LogP contribution < -0.4 is 4.72 Å². The fraction of sp³-hybridized carbons (Fsp3) is 0.500. The summed E-state index contributed by atoms with van der Waals surface area (Å²) in [6.45, 7) is 2.44. The maximum atomic E-state index is 12.2. The van der Waals surface area contributed by atoms with Crippen LogP contribution in [-0.4, -0.2) is 61.0 Å². The molecular formula is C12H17N5O3S2. The Labute approximate surface area is 132 Å². The molecule has 0 spiro atoms. The van der Waals surface area contributed by atoms with Gasteiger partial charge in [-0.25, -0.2) is 0 Å². The molecule has 1 aliphatic heterocycles. The first-order chi connectivity index (χ1) is 10.5. The summed E-state index contributed by atoms with van der Waals surface area (Å²) in [5.41, 5.74) is 0. The third-order valence-electron chi connectivity index (χ3n) is 3.41. The summed E-state index contributed by atoms with van der Waals surface area (Å²) in [6.07, 6.45) is 0. The lowest BCUT2D eigenvalue weighted by atomic mass is 10.4. The summed E-state index contributed by atoms with van der Waals surface area (Å²) in [4.78, 5) is 7.15. The van der Waals surface area contributed by atoms with E-state index >= 15 is 0 Å². The minimum atomic E-state index is -3.51. The Hall–Kier alpha value is -1.33. The fourth-order valence-electron chi connectivity index (χ4n) is 2.10. The van der Waals surface area contributed by atoms with E-state index in [1.54, 1.807) is 0 Å². The van der Waals surface area contributed by atoms with E-state index in [0.29, 0.717) is 24.8 Å². The van der Waals surface area contributed by atoms with Crippen LogP contribution in [0.4, 0.5) is 0 Å². The predicted molar refractivity (Wildman–Crippen MR) is 82.4 cm³/mol. The summed E-state index contributed by atoms with van der Waals surface area (Å²) in [7, 11) is -1.54.